The van der Waals surface area contributed by atoms with Crippen LogP contribution in [0.25, 0.3) is 5.69 Å². The fraction of sp³-hybridized carbons (Fsp3) is 0.321. The molecule has 0 spiro atoms. The number of fused-ring (bicyclic) bond motifs is 3. The first-order chi connectivity index (χ1) is 18.5. The summed E-state index contributed by atoms with van der Waals surface area (Å²) in [6.45, 7) is 2.09. The number of aromatic amines is 1. The maximum atomic E-state index is 12.0. The Labute approximate surface area is 225 Å². The van der Waals surface area contributed by atoms with Gasteiger partial charge in [0.1, 0.15) is 6.10 Å². The molecule has 0 unspecified atom stereocenters. The van der Waals surface area contributed by atoms with Crippen molar-refractivity contribution in [1.82, 2.24) is 20.0 Å². The van der Waals surface area contributed by atoms with Crippen molar-refractivity contribution in [3.05, 3.63) is 88.0 Å². The van der Waals surface area contributed by atoms with Crippen molar-refractivity contribution in [1.29, 1.82) is 0 Å². The number of carbonyl (C=O) groups excluding carboxylic acids is 1. The van der Waals surface area contributed by atoms with E-state index in [4.69, 9.17) is 30.5 Å². The average molecular weight is 537 g/mol. The van der Waals surface area contributed by atoms with Crippen LogP contribution in [0.1, 0.15) is 53.8 Å². The molecule has 4 aromatic rings. The molecule has 10 heteroatoms. The number of ether oxygens (including phenoxy) is 4. The Morgan fingerprint density at radius 1 is 1.13 bits per heavy atom. The molecule has 3 heterocycles. The molecule has 0 saturated carbocycles. The van der Waals surface area contributed by atoms with Crippen molar-refractivity contribution >= 4 is 17.6 Å². The molecule has 2 aromatic carbocycles. The number of para-hydroxylation sites is 1. The molecule has 0 amide bonds. The van der Waals surface area contributed by atoms with E-state index in [2.05, 4.69) is 26.0 Å². The summed E-state index contributed by atoms with van der Waals surface area (Å²) in [5, 5.41) is 11.6. The van der Waals surface area contributed by atoms with Gasteiger partial charge in [-0.2, -0.15) is 0 Å². The van der Waals surface area contributed by atoms with E-state index < -0.39 is 6.10 Å². The molecule has 0 bridgehead atoms. The Bertz CT molecular complexity index is 1430. The molecule has 0 radical (unpaired) electrons. The van der Waals surface area contributed by atoms with Crippen LogP contribution in [0.5, 0.6) is 11.5 Å². The smallest absolute Gasteiger partial charge is 0.311 e. The quantitative estimate of drug-likeness (QED) is 0.295. The van der Waals surface area contributed by atoms with Gasteiger partial charge in [0.15, 0.2) is 11.5 Å². The molecule has 5 rings (SSSR count). The highest BCUT2D eigenvalue weighted by Gasteiger charge is 2.33. The minimum atomic E-state index is -0.488. The van der Waals surface area contributed by atoms with Crippen LogP contribution in [0.4, 0.5) is 0 Å². The molecule has 0 fully saturated rings. The van der Waals surface area contributed by atoms with E-state index in [0.717, 1.165) is 28.2 Å². The summed E-state index contributed by atoms with van der Waals surface area (Å²) in [6.07, 6.45) is 2.46. The fourth-order valence-electron chi connectivity index (χ4n) is 4.95. The molecule has 1 aliphatic heterocycles. The lowest BCUT2D eigenvalue weighted by atomic mass is 9.98. The van der Waals surface area contributed by atoms with E-state index >= 15 is 0 Å². The van der Waals surface area contributed by atoms with E-state index in [1.165, 1.54) is 0 Å². The molecule has 9 nitrogen and oxygen atoms in total. The van der Waals surface area contributed by atoms with Crippen LogP contribution in [0.15, 0.2) is 54.7 Å². The molecular formula is C28H29ClN4O5. The van der Waals surface area contributed by atoms with E-state index in [9.17, 15) is 4.79 Å². The minimum absolute atomic E-state index is 0.0646. The SMILES string of the molecule is CCOC(=O)Cc1nn[nH]c1CC[C@H]1O[C@H](c2cccc(OC)c2OC)c2cc(Cl)ccc2-n2cccc21. The first kappa shape index (κ1) is 25.8. The summed E-state index contributed by atoms with van der Waals surface area (Å²) >= 11 is 6.49. The second-order valence-corrected chi connectivity index (χ2v) is 9.29. The van der Waals surface area contributed by atoms with Crippen LogP contribution in [-0.2, 0) is 27.1 Å². The van der Waals surface area contributed by atoms with Crippen LogP contribution in [0.2, 0.25) is 5.02 Å². The Morgan fingerprint density at radius 3 is 2.79 bits per heavy atom. The highest BCUT2D eigenvalue weighted by atomic mass is 35.5. The van der Waals surface area contributed by atoms with Crippen LogP contribution < -0.4 is 9.47 Å². The standard InChI is InChI=1S/C28H29ClN4O5/c1-4-37-26(34)16-21-20(30-32-31-21)11-13-24-23-8-6-14-33(23)22-12-10-17(29)15-19(22)27(38-24)18-7-5-9-25(35-2)28(18)36-3/h5-10,12,14-15,24,27H,4,11,13,16H2,1-3H3,(H,30,31,32)/t24-,27-/m1/s1. The normalized spacial score (nSPS) is 16.3. The Kier molecular flexibility index (Phi) is 7.67. The van der Waals surface area contributed by atoms with Gasteiger partial charge in [-0.3, -0.25) is 9.89 Å². The van der Waals surface area contributed by atoms with Gasteiger partial charge in [0.05, 0.1) is 56.1 Å². The molecular weight excluding hydrogens is 508 g/mol. The zero-order valence-electron chi connectivity index (χ0n) is 21.4. The number of hydrogen-bond donors (Lipinski definition) is 1. The average Bonchev–Trinajstić information content (AvgIpc) is 3.56. The number of halogens is 1. The molecule has 1 N–H and O–H groups in total. The van der Waals surface area contributed by atoms with Gasteiger partial charge in [-0.05, 0) is 56.2 Å². The van der Waals surface area contributed by atoms with E-state index in [1.807, 2.05) is 48.7 Å². The van der Waals surface area contributed by atoms with Crippen molar-refractivity contribution in [3.8, 4) is 17.2 Å². The number of H-pyrrole nitrogens is 1. The first-order valence-corrected chi connectivity index (χ1v) is 12.8. The van der Waals surface area contributed by atoms with E-state index in [-0.39, 0.29) is 18.5 Å². The summed E-state index contributed by atoms with van der Waals surface area (Å²) in [5.41, 5.74) is 5.07. The fourth-order valence-corrected chi connectivity index (χ4v) is 5.13. The third-order valence-electron chi connectivity index (χ3n) is 6.64. The van der Waals surface area contributed by atoms with Crippen molar-refractivity contribution < 1.29 is 23.7 Å². The zero-order chi connectivity index (χ0) is 26.6. The molecule has 198 valence electrons. The maximum Gasteiger partial charge on any atom is 0.311 e. The van der Waals surface area contributed by atoms with Gasteiger partial charge in [0.2, 0.25) is 0 Å². The number of aromatic nitrogens is 4. The molecule has 1 aliphatic rings. The molecule has 38 heavy (non-hydrogen) atoms. The predicted molar refractivity (Wildman–Crippen MR) is 141 cm³/mol. The van der Waals surface area contributed by atoms with Gasteiger partial charge >= 0.3 is 5.97 Å². The minimum Gasteiger partial charge on any atom is -0.493 e. The second kappa shape index (κ2) is 11.3. The number of nitrogens with one attached hydrogen (secondary N) is 1. The van der Waals surface area contributed by atoms with Crippen LogP contribution in [-0.4, -0.2) is 46.8 Å². The largest absolute Gasteiger partial charge is 0.493 e. The molecule has 2 atom stereocenters. The number of rotatable bonds is 9. The number of nitrogens with zero attached hydrogens (tertiary/aromatic N) is 3. The lowest BCUT2D eigenvalue weighted by Gasteiger charge is -2.25. The monoisotopic (exact) mass is 536 g/mol. The number of hydrogen-bond acceptors (Lipinski definition) is 7. The summed E-state index contributed by atoms with van der Waals surface area (Å²) in [4.78, 5) is 12.0. The highest BCUT2D eigenvalue weighted by Crippen LogP contribution is 2.46. The summed E-state index contributed by atoms with van der Waals surface area (Å²) in [6, 6.07) is 15.6. The van der Waals surface area contributed by atoms with E-state index in [0.29, 0.717) is 41.7 Å². The van der Waals surface area contributed by atoms with Gasteiger partial charge in [0.25, 0.3) is 0 Å². The van der Waals surface area contributed by atoms with E-state index in [1.54, 1.807) is 21.1 Å². The maximum absolute atomic E-state index is 12.0. The number of carbonyl (C=O) groups is 1. The van der Waals surface area contributed by atoms with Gasteiger partial charge in [-0.1, -0.05) is 28.9 Å². The molecule has 0 aliphatic carbocycles. The van der Waals surface area contributed by atoms with Gasteiger partial charge in [0, 0.05) is 22.3 Å². The van der Waals surface area contributed by atoms with Crippen molar-refractivity contribution in [3.63, 3.8) is 0 Å². The third-order valence-corrected chi connectivity index (χ3v) is 6.87. The summed E-state index contributed by atoms with van der Waals surface area (Å²) in [5.74, 6) is 0.884. The lowest BCUT2D eigenvalue weighted by Crippen LogP contribution is -2.14. The summed E-state index contributed by atoms with van der Waals surface area (Å²) < 4.78 is 25.5. The van der Waals surface area contributed by atoms with Gasteiger partial charge in [-0.25, -0.2) is 0 Å². The Morgan fingerprint density at radius 2 is 2.00 bits per heavy atom. The Hall–Kier alpha value is -3.82. The highest BCUT2D eigenvalue weighted by molar-refractivity contribution is 6.30. The number of methoxy groups -OCH3 is 2. The predicted octanol–water partition coefficient (Wildman–Crippen LogP) is 5.17. The molecule has 0 saturated heterocycles. The van der Waals surface area contributed by atoms with Crippen LogP contribution >= 0.6 is 11.6 Å². The third kappa shape index (κ3) is 4.99. The number of esters is 1. The van der Waals surface area contributed by atoms with Crippen molar-refractivity contribution in [2.45, 2.75) is 38.4 Å². The first-order valence-electron chi connectivity index (χ1n) is 12.4. The van der Waals surface area contributed by atoms with Crippen LogP contribution in [0.3, 0.4) is 0 Å². The van der Waals surface area contributed by atoms with Crippen LogP contribution in [0, 0.1) is 0 Å². The van der Waals surface area contributed by atoms with Crippen molar-refractivity contribution in [2.75, 3.05) is 20.8 Å². The summed E-state index contributed by atoms with van der Waals surface area (Å²) in [7, 11) is 3.23. The second-order valence-electron chi connectivity index (χ2n) is 8.85. The van der Waals surface area contributed by atoms with Gasteiger partial charge < -0.3 is 23.5 Å². The lowest BCUT2D eigenvalue weighted by molar-refractivity contribution is -0.142. The molecule has 2 aromatic heterocycles. The Balaban J connectivity index is 1.53. The zero-order valence-corrected chi connectivity index (χ0v) is 22.2. The van der Waals surface area contributed by atoms with Gasteiger partial charge in [-0.15, -0.1) is 5.10 Å². The van der Waals surface area contributed by atoms with Crippen molar-refractivity contribution in [2.24, 2.45) is 0 Å². The topological polar surface area (TPSA) is 100 Å². The number of aryl methyl sites for hydroxylation is 1. The number of benzene rings is 2.